The second-order valence-electron chi connectivity index (χ2n) is 7.16. The van der Waals surface area contributed by atoms with E-state index in [0.717, 1.165) is 81.7 Å². The molecule has 1 aromatic heterocycles. The number of nitrogens with zero attached hydrogens (tertiary/aromatic N) is 1. The Morgan fingerprint density at radius 3 is 2.86 bits per heavy atom. The minimum Gasteiger partial charge on any atom is -0.381 e. The molecule has 8 heteroatoms. The van der Waals surface area contributed by atoms with Crippen LogP contribution in [0.4, 0.5) is 0 Å². The molecular formula is C21H32ClIN4O2. The summed E-state index contributed by atoms with van der Waals surface area (Å²) in [6.45, 7) is 5.03. The monoisotopic (exact) mass is 534 g/mol. The van der Waals surface area contributed by atoms with Gasteiger partial charge in [-0.1, -0.05) is 11.6 Å². The zero-order chi connectivity index (χ0) is 19.6. The number of hydrogen-bond acceptors (Lipinski definition) is 3. The van der Waals surface area contributed by atoms with Gasteiger partial charge in [0, 0.05) is 68.7 Å². The third-order valence-electron chi connectivity index (χ3n) is 5.09. The van der Waals surface area contributed by atoms with Crippen LogP contribution < -0.4 is 10.6 Å². The molecule has 6 nitrogen and oxygen atoms in total. The number of H-pyrrole nitrogens is 1. The SMILES string of the molecule is CN=C(NCCCOCC1CCOCC1)NCCc1c[nH]c2ccc(Cl)cc12.I. The summed E-state index contributed by atoms with van der Waals surface area (Å²) in [5.74, 6) is 1.48. The number of halogens is 2. The second kappa shape index (κ2) is 13.3. The molecule has 1 fully saturated rings. The third kappa shape index (κ3) is 7.96. The van der Waals surface area contributed by atoms with Gasteiger partial charge in [-0.15, -0.1) is 24.0 Å². The molecule has 0 aliphatic carbocycles. The Balaban J connectivity index is 0.00000300. The molecule has 2 aromatic rings. The number of benzene rings is 1. The van der Waals surface area contributed by atoms with E-state index in [1.807, 2.05) is 18.2 Å². The Hall–Kier alpha value is -1.03. The summed E-state index contributed by atoms with van der Waals surface area (Å²) in [4.78, 5) is 7.58. The van der Waals surface area contributed by atoms with Crippen LogP contribution in [-0.4, -0.2) is 57.5 Å². The van der Waals surface area contributed by atoms with Crippen LogP contribution in [0, 0.1) is 5.92 Å². The highest BCUT2D eigenvalue weighted by Gasteiger charge is 2.13. The predicted molar refractivity (Wildman–Crippen MR) is 131 cm³/mol. The van der Waals surface area contributed by atoms with Crippen molar-refractivity contribution in [3.8, 4) is 0 Å². The van der Waals surface area contributed by atoms with Crippen LogP contribution >= 0.6 is 35.6 Å². The van der Waals surface area contributed by atoms with Gasteiger partial charge < -0.3 is 25.1 Å². The van der Waals surface area contributed by atoms with Gasteiger partial charge in [0.15, 0.2) is 5.96 Å². The van der Waals surface area contributed by atoms with Crippen molar-refractivity contribution in [1.29, 1.82) is 0 Å². The van der Waals surface area contributed by atoms with Crippen molar-refractivity contribution in [1.82, 2.24) is 15.6 Å². The molecule has 0 spiro atoms. The zero-order valence-electron chi connectivity index (χ0n) is 17.0. The molecule has 1 aromatic carbocycles. The molecule has 0 amide bonds. The fourth-order valence-corrected chi connectivity index (χ4v) is 3.61. The van der Waals surface area contributed by atoms with E-state index in [1.165, 1.54) is 10.9 Å². The summed E-state index contributed by atoms with van der Waals surface area (Å²) >= 11 is 6.12. The minimum absolute atomic E-state index is 0. The maximum atomic E-state index is 6.12. The molecule has 2 heterocycles. The average molecular weight is 535 g/mol. The second-order valence-corrected chi connectivity index (χ2v) is 7.60. The maximum Gasteiger partial charge on any atom is 0.190 e. The van der Waals surface area contributed by atoms with Crippen molar-refractivity contribution >= 4 is 52.4 Å². The topological polar surface area (TPSA) is 70.7 Å². The predicted octanol–water partition coefficient (Wildman–Crippen LogP) is 3.98. The number of hydrogen-bond donors (Lipinski definition) is 3. The van der Waals surface area contributed by atoms with Crippen molar-refractivity contribution in [2.75, 3.05) is 46.6 Å². The number of aliphatic imine (C=N–C) groups is 1. The van der Waals surface area contributed by atoms with Gasteiger partial charge in [0.1, 0.15) is 0 Å². The molecular weight excluding hydrogens is 503 g/mol. The number of guanidine groups is 1. The van der Waals surface area contributed by atoms with Crippen LogP contribution in [0.2, 0.25) is 5.02 Å². The summed E-state index contributed by atoms with van der Waals surface area (Å²) in [5.41, 5.74) is 2.37. The Morgan fingerprint density at radius 1 is 1.28 bits per heavy atom. The normalized spacial score (nSPS) is 15.3. The zero-order valence-corrected chi connectivity index (χ0v) is 20.1. The minimum atomic E-state index is 0. The number of aromatic nitrogens is 1. The van der Waals surface area contributed by atoms with Gasteiger partial charge in [0.05, 0.1) is 0 Å². The first-order chi connectivity index (χ1) is 13.8. The van der Waals surface area contributed by atoms with Crippen molar-refractivity contribution in [2.24, 2.45) is 10.9 Å². The number of ether oxygens (including phenoxy) is 2. The molecule has 1 aliphatic rings. The molecule has 3 N–H and O–H groups in total. The number of nitrogens with one attached hydrogen (secondary N) is 3. The molecule has 1 saturated heterocycles. The maximum absolute atomic E-state index is 6.12. The van der Waals surface area contributed by atoms with Gasteiger partial charge in [0.25, 0.3) is 0 Å². The average Bonchev–Trinajstić information content (AvgIpc) is 3.12. The molecule has 0 bridgehead atoms. The standard InChI is InChI=1S/C21H31ClN4O2.HI/c1-23-21(24-8-2-10-28-15-16-6-11-27-12-7-16)25-9-5-17-14-26-20-4-3-18(22)13-19(17)20;/h3-4,13-14,16,26H,2,5-12,15H2,1H3,(H2,23,24,25);1H. The van der Waals surface area contributed by atoms with E-state index < -0.39 is 0 Å². The summed E-state index contributed by atoms with van der Waals surface area (Å²) in [5, 5.41) is 8.65. The lowest BCUT2D eigenvalue weighted by atomic mass is 10.0. The third-order valence-corrected chi connectivity index (χ3v) is 5.33. The Labute approximate surface area is 195 Å². The molecule has 0 unspecified atom stereocenters. The van der Waals surface area contributed by atoms with Crippen LogP contribution in [0.1, 0.15) is 24.8 Å². The van der Waals surface area contributed by atoms with Gasteiger partial charge in [-0.3, -0.25) is 4.99 Å². The molecule has 0 radical (unpaired) electrons. The van der Waals surface area contributed by atoms with E-state index in [0.29, 0.717) is 5.92 Å². The number of aromatic amines is 1. The van der Waals surface area contributed by atoms with E-state index in [4.69, 9.17) is 21.1 Å². The lowest BCUT2D eigenvalue weighted by Gasteiger charge is -2.21. The van der Waals surface area contributed by atoms with E-state index in [1.54, 1.807) is 7.05 Å². The number of fused-ring (bicyclic) bond motifs is 1. The van der Waals surface area contributed by atoms with Crippen molar-refractivity contribution < 1.29 is 9.47 Å². The smallest absolute Gasteiger partial charge is 0.190 e. The van der Waals surface area contributed by atoms with Crippen LogP contribution in [0.5, 0.6) is 0 Å². The summed E-state index contributed by atoms with van der Waals surface area (Å²) in [7, 11) is 1.79. The Kier molecular flexibility index (Phi) is 11.1. The Morgan fingerprint density at radius 2 is 2.07 bits per heavy atom. The largest absolute Gasteiger partial charge is 0.381 e. The fourth-order valence-electron chi connectivity index (χ4n) is 3.44. The van der Waals surface area contributed by atoms with Crippen LogP contribution in [0.3, 0.4) is 0 Å². The molecule has 0 saturated carbocycles. The first-order valence-electron chi connectivity index (χ1n) is 10.1. The van der Waals surface area contributed by atoms with Gasteiger partial charge in [-0.2, -0.15) is 0 Å². The van der Waals surface area contributed by atoms with Crippen LogP contribution in [-0.2, 0) is 15.9 Å². The molecule has 1 aliphatic heterocycles. The van der Waals surface area contributed by atoms with Crippen molar-refractivity contribution in [2.45, 2.75) is 25.7 Å². The molecule has 29 heavy (non-hydrogen) atoms. The summed E-state index contributed by atoms with van der Waals surface area (Å²) in [6, 6.07) is 5.93. The quantitative estimate of drug-likeness (QED) is 0.197. The van der Waals surface area contributed by atoms with Gasteiger partial charge >= 0.3 is 0 Å². The van der Waals surface area contributed by atoms with Gasteiger partial charge in [-0.05, 0) is 55.4 Å². The highest BCUT2D eigenvalue weighted by atomic mass is 127. The van der Waals surface area contributed by atoms with Crippen molar-refractivity contribution in [3.05, 3.63) is 35.0 Å². The Bertz CT molecular complexity index is 762. The molecule has 0 atom stereocenters. The highest BCUT2D eigenvalue weighted by Crippen LogP contribution is 2.22. The lowest BCUT2D eigenvalue weighted by molar-refractivity contribution is 0.0203. The van der Waals surface area contributed by atoms with E-state index in [-0.39, 0.29) is 24.0 Å². The van der Waals surface area contributed by atoms with Gasteiger partial charge in [0.2, 0.25) is 0 Å². The van der Waals surface area contributed by atoms with Crippen LogP contribution in [0.15, 0.2) is 29.4 Å². The van der Waals surface area contributed by atoms with Gasteiger partial charge in [-0.25, -0.2) is 0 Å². The fraction of sp³-hybridized carbons (Fsp3) is 0.571. The highest BCUT2D eigenvalue weighted by molar-refractivity contribution is 14.0. The van der Waals surface area contributed by atoms with E-state index >= 15 is 0 Å². The summed E-state index contributed by atoms with van der Waals surface area (Å²) in [6.07, 6.45) is 6.16. The lowest BCUT2D eigenvalue weighted by Crippen LogP contribution is -2.39. The molecule has 162 valence electrons. The first kappa shape index (κ1) is 24.2. The van der Waals surface area contributed by atoms with E-state index in [2.05, 4.69) is 26.8 Å². The number of rotatable bonds is 9. The molecule has 3 rings (SSSR count). The van der Waals surface area contributed by atoms with Crippen molar-refractivity contribution in [3.63, 3.8) is 0 Å². The van der Waals surface area contributed by atoms with E-state index in [9.17, 15) is 0 Å². The van der Waals surface area contributed by atoms with Crippen LogP contribution in [0.25, 0.3) is 10.9 Å². The summed E-state index contributed by atoms with van der Waals surface area (Å²) < 4.78 is 11.2. The first-order valence-corrected chi connectivity index (χ1v) is 10.5.